The van der Waals surface area contributed by atoms with Crippen LogP contribution < -0.4 is 4.74 Å². The molecule has 2 aromatic rings. The smallest absolute Gasteiger partial charge is 0.273 e. The van der Waals surface area contributed by atoms with Crippen molar-refractivity contribution in [2.24, 2.45) is 0 Å². The van der Waals surface area contributed by atoms with E-state index in [1.165, 1.54) is 35.6 Å². The van der Waals surface area contributed by atoms with Gasteiger partial charge >= 0.3 is 0 Å². The van der Waals surface area contributed by atoms with Gasteiger partial charge < -0.3 is 9.64 Å². The summed E-state index contributed by atoms with van der Waals surface area (Å²) in [7, 11) is 1.66. The molecule has 0 atom stereocenters. The Bertz CT molecular complexity index is 560. The number of nitrogens with zero attached hydrogens (tertiary/aromatic N) is 3. The molecule has 6 heteroatoms. The SMILES string of the molecule is CN(CCOc1ccc(F)cc1)C(=O)c1cnccn1. The Hall–Kier alpha value is -2.50. The van der Waals surface area contributed by atoms with E-state index in [9.17, 15) is 9.18 Å². The van der Waals surface area contributed by atoms with Gasteiger partial charge in [0.05, 0.1) is 12.7 Å². The highest BCUT2D eigenvalue weighted by Crippen LogP contribution is 2.10. The Morgan fingerprint density at radius 3 is 2.70 bits per heavy atom. The first-order valence-corrected chi connectivity index (χ1v) is 6.06. The first-order valence-electron chi connectivity index (χ1n) is 6.06. The number of halogens is 1. The van der Waals surface area contributed by atoms with Gasteiger partial charge in [-0.1, -0.05) is 0 Å². The van der Waals surface area contributed by atoms with Crippen molar-refractivity contribution in [2.75, 3.05) is 20.2 Å². The van der Waals surface area contributed by atoms with Gasteiger partial charge in [-0.2, -0.15) is 0 Å². The van der Waals surface area contributed by atoms with Crippen LogP contribution in [-0.4, -0.2) is 41.0 Å². The topological polar surface area (TPSA) is 55.3 Å². The summed E-state index contributed by atoms with van der Waals surface area (Å²) >= 11 is 0. The molecule has 1 amide bonds. The average molecular weight is 275 g/mol. The molecular weight excluding hydrogens is 261 g/mol. The van der Waals surface area contributed by atoms with E-state index in [0.717, 1.165) is 0 Å². The minimum absolute atomic E-state index is 0.221. The summed E-state index contributed by atoms with van der Waals surface area (Å²) in [5, 5.41) is 0. The number of amides is 1. The normalized spacial score (nSPS) is 10.1. The molecule has 1 aromatic carbocycles. The van der Waals surface area contributed by atoms with E-state index in [1.54, 1.807) is 19.2 Å². The molecule has 0 aliphatic rings. The van der Waals surface area contributed by atoms with E-state index in [2.05, 4.69) is 9.97 Å². The van der Waals surface area contributed by atoms with Crippen molar-refractivity contribution < 1.29 is 13.9 Å². The van der Waals surface area contributed by atoms with E-state index in [1.807, 2.05) is 0 Å². The van der Waals surface area contributed by atoms with E-state index < -0.39 is 0 Å². The second-order valence-electron chi connectivity index (χ2n) is 4.12. The van der Waals surface area contributed by atoms with Crippen molar-refractivity contribution in [3.8, 4) is 5.75 Å². The zero-order chi connectivity index (χ0) is 14.4. The van der Waals surface area contributed by atoms with Crippen molar-refractivity contribution in [3.63, 3.8) is 0 Å². The Labute approximate surface area is 116 Å². The van der Waals surface area contributed by atoms with Crippen molar-refractivity contribution in [1.82, 2.24) is 14.9 Å². The maximum Gasteiger partial charge on any atom is 0.273 e. The predicted molar refractivity (Wildman–Crippen MR) is 70.9 cm³/mol. The minimum Gasteiger partial charge on any atom is -0.492 e. The van der Waals surface area contributed by atoms with Crippen molar-refractivity contribution in [3.05, 3.63) is 54.4 Å². The van der Waals surface area contributed by atoms with E-state index >= 15 is 0 Å². The van der Waals surface area contributed by atoms with Crippen LogP contribution in [-0.2, 0) is 0 Å². The van der Waals surface area contributed by atoms with Gasteiger partial charge in [-0.15, -0.1) is 0 Å². The number of ether oxygens (including phenoxy) is 1. The first-order chi connectivity index (χ1) is 9.66. The number of hydrogen-bond donors (Lipinski definition) is 0. The maximum atomic E-state index is 12.7. The molecule has 104 valence electrons. The third-order valence-corrected chi connectivity index (χ3v) is 2.64. The lowest BCUT2D eigenvalue weighted by molar-refractivity contribution is 0.0767. The Morgan fingerprint density at radius 1 is 1.30 bits per heavy atom. The highest BCUT2D eigenvalue weighted by molar-refractivity contribution is 5.91. The average Bonchev–Trinajstić information content (AvgIpc) is 2.49. The van der Waals surface area contributed by atoms with Crippen LogP contribution in [0.4, 0.5) is 4.39 Å². The number of carbonyl (C=O) groups excluding carboxylic acids is 1. The fraction of sp³-hybridized carbons (Fsp3) is 0.214. The number of carbonyl (C=O) groups is 1. The summed E-state index contributed by atoms with van der Waals surface area (Å²) < 4.78 is 18.1. The van der Waals surface area contributed by atoms with Crippen LogP contribution in [0.25, 0.3) is 0 Å². The second-order valence-corrected chi connectivity index (χ2v) is 4.12. The second kappa shape index (κ2) is 6.60. The highest BCUT2D eigenvalue weighted by Gasteiger charge is 2.12. The van der Waals surface area contributed by atoms with Crippen molar-refractivity contribution in [2.45, 2.75) is 0 Å². The molecule has 0 spiro atoms. The van der Waals surface area contributed by atoms with E-state index in [0.29, 0.717) is 18.9 Å². The number of benzene rings is 1. The molecule has 0 unspecified atom stereocenters. The van der Waals surface area contributed by atoms with Crippen LogP contribution in [0, 0.1) is 5.82 Å². The monoisotopic (exact) mass is 275 g/mol. The molecular formula is C14H14FN3O2. The van der Waals surface area contributed by atoms with Crippen LogP contribution in [0.1, 0.15) is 10.5 Å². The van der Waals surface area contributed by atoms with Crippen molar-refractivity contribution in [1.29, 1.82) is 0 Å². The van der Waals surface area contributed by atoms with Gasteiger partial charge in [0.2, 0.25) is 0 Å². The summed E-state index contributed by atoms with van der Waals surface area (Å²) in [4.78, 5) is 21.2. The van der Waals surface area contributed by atoms with Crippen LogP contribution in [0.15, 0.2) is 42.9 Å². The lowest BCUT2D eigenvalue weighted by Gasteiger charge is -2.16. The number of rotatable bonds is 5. The van der Waals surface area contributed by atoms with Gasteiger partial charge in [0.25, 0.3) is 5.91 Å². The van der Waals surface area contributed by atoms with Crippen LogP contribution in [0.2, 0.25) is 0 Å². The lowest BCUT2D eigenvalue weighted by atomic mass is 10.3. The van der Waals surface area contributed by atoms with E-state index in [4.69, 9.17) is 4.74 Å². The summed E-state index contributed by atoms with van der Waals surface area (Å²) in [6.07, 6.45) is 4.39. The third kappa shape index (κ3) is 3.74. The molecule has 0 radical (unpaired) electrons. The van der Waals surface area contributed by atoms with Crippen molar-refractivity contribution >= 4 is 5.91 Å². The van der Waals surface area contributed by atoms with Gasteiger partial charge in [-0.05, 0) is 24.3 Å². The quantitative estimate of drug-likeness (QED) is 0.834. The summed E-state index contributed by atoms with van der Waals surface area (Å²) in [5.74, 6) is 0.0276. The summed E-state index contributed by atoms with van der Waals surface area (Å²) in [5.41, 5.74) is 0.289. The van der Waals surface area contributed by atoms with Crippen LogP contribution in [0.5, 0.6) is 5.75 Å². The summed E-state index contributed by atoms with van der Waals surface area (Å²) in [6.45, 7) is 0.709. The van der Waals surface area contributed by atoms with Gasteiger partial charge in [0.15, 0.2) is 0 Å². The molecule has 0 bridgehead atoms. The highest BCUT2D eigenvalue weighted by atomic mass is 19.1. The third-order valence-electron chi connectivity index (χ3n) is 2.64. The zero-order valence-electron chi connectivity index (χ0n) is 11.0. The molecule has 0 aliphatic carbocycles. The zero-order valence-corrected chi connectivity index (χ0v) is 11.0. The minimum atomic E-state index is -0.313. The van der Waals surface area contributed by atoms with Crippen LogP contribution in [0.3, 0.4) is 0 Å². The van der Waals surface area contributed by atoms with Gasteiger partial charge in [-0.25, -0.2) is 9.37 Å². The molecule has 0 saturated carbocycles. The maximum absolute atomic E-state index is 12.7. The Morgan fingerprint density at radius 2 is 2.05 bits per heavy atom. The largest absolute Gasteiger partial charge is 0.492 e. The molecule has 1 aromatic heterocycles. The molecule has 5 nitrogen and oxygen atoms in total. The van der Waals surface area contributed by atoms with Crippen LogP contribution >= 0.6 is 0 Å². The van der Waals surface area contributed by atoms with Gasteiger partial charge in [0, 0.05) is 19.4 Å². The molecule has 2 rings (SSSR count). The standard InChI is InChI=1S/C14H14FN3O2/c1-18(14(19)13-10-16-6-7-17-13)8-9-20-12-4-2-11(15)3-5-12/h2-7,10H,8-9H2,1H3. The molecule has 0 N–H and O–H groups in total. The molecule has 1 heterocycles. The Balaban J connectivity index is 1.82. The lowest BCUT2D eigenvalue weighted by Crippen LogP contribution is -2.31. The summed E-state index contributed by atoms with van der Waals surface area (Å²) in [6, 6.07) is 5.73. The van der Waals surface area contributed by atoms with E-state index in [-0.39, 0.29) is 17.4 Å². The molecule has 20 heavy (non-hydrogen) atoms. The predicted octanol–water partition coefficient (Wildman–Crippen LogP) is 1.77. The fourth-order valence-electron chi connectivity index (χ4n) is 1.54. The van der Waals surface area contributed by atoms with Gasteiger partial charge in [0.1, 0.15) is 23.9 Å². The number of hydrogen-bond acceptors (Lipinski definition) is 4. The first kappa shape index (κ1) is 13.9. The fourth-order valence-corrected chi connectivity index (χ4v) is 1.54. The number of aromatic nitrogens is 2. The molecule has 0 saturated heterocycles. The van der Waals surface area contributed by atoms with Gasteiger partial charge in [-0.3, -0.25) is 9.78 Å². The number of likely N-dealkylation sites (N-methyl/N-ethyl adjacent to an activating group) is 1. The Kier molecular flexibility index (Phi) is 4.60. The molecule has 0 aliphatic heterocycles. The molecule has 0 fully saturated rings.